The van der Waals surface area contributed by atoms with E-state index in [1.807, 2.05) is 18.2 Å². The average molecular weight is 340 g/mol. The van der Waals surface area contributed by atoms with Gasteiger partial charge in [-0.25, -0.2) is 0 Å². The van der Waals surface area contributed by atoms with Crippen molar-refractivity contribution >= 4 is 5.91 Å². The Balaban J connectivity index is 2.03. The highest BCUT2D eigenvalue weighted by Gasteiger charge is 2.16. The molecule has 0 radical (unpaired) electrons. The molecule has 0 atom stereocenters. The number of carbonyl (C=O) groups is 1. The molecule has 0 fully saturated rings. The van der Waals surface area contributed by atoms with Gasteiger partial charge in [0.05, 0.1) is 19.8 Å². The predicted octanol–water partition coefficient (Wildman–Crippen LogP) is 2.61. The van der Waals surface area contributed by atoms with Gasteiger partial charge in [-0.2, -0.15) is 5.26 Å². The molecular weight excluding hydrogens is 320 g/mol. The van der Waals surface area contributed by atoms with Gasteiger partial charge in [-0.1, -0.05) is 24.3 Å². The monoisotopic (exact) mass is 340 g/mol. The first kappa shape index (κ1) is 18.1. The number of amides is 1. The van der Waals surface area contributed by atoms with Gasteiger partial charge in [0.25, 0.3) is 5.91 Å². The first-order valence-electron chi connectivity index (χ1n) is 7.66. The molecule has 0 spiro atoms. The number of hydrogen-bond donors (Lipinski definition) is 0. The third kappa shape index (κ3) is 4.42. The molecule has 0 N–H and O–H groups in total. The first-order valence-corrected chi connectivity index (χ1v) is 7.66. The van der Waals surface area contributed by atoms with E-state index in [1.165, 1.54) is 4.90 Å². The van der Waals surface area contributed by atoms with Crippen LogP contribution in [-0.4, -0.2) is 38.7 Å². The summed E-state index contributed by atoms with van der Waals surface area (Å²) in [6.07, 6.45) is 0. The van der Waals surface area contributed by atoms with Gasteiger partial charge in [0.2, 0.25) is 0 Å². The average Bonchev–Trinajstić information content (AvgIpc) is 2.65. The van der Waals surface area contributed by atoms with Crippen molar-refractivity contribution in [1.82, 2.24) is 4.90 Å². The molecule has 130 valence electrons. The predicted molar refractivity (Wildman–Crippen MR) is 92.7 cm³/mol. The van der Waals surface area contributed by atoms with Gasteiger partial charge < -0.3 is 19.1 Å². The number of hydrogen-bond acceptors (Lipinski definition) is 5. The minimum absolute atomic E-state index is 0.151. The third-order valence-electron chi connectivity index (χ3n) is 3.68. The Labute approximate surface area is 147 Å². The highest BCUT2D eigenvalue weighted by molar-refractivity contribution is 5.77. The molecule has 2 rings (SSSR count). The van der Waals surface area contributed by atoms with Crippen LogP contribution in [0.4, 0.5) is 0 Å². The lowest BCUT2D eigenvalue weighted by Gasteiger charge is -2.20. The van der Waals surface area contributed by atoms with Gasteiger partial charge in [0, 0.05) is 19.2 Å². The van der Waals surface area contributed by atoms with Crippen LogP contribution in [0.5, 0.6) is 17.2 Å². The molecule has 0 unspecified atom stereocenters. The Morgan fingerprint density at radius 3 is 2.48 bits per heavy atom. The number of nitrogens with zero attached hydrogens (tertiary/aromatic N) is 2. The van der Waals surface area contributed by atoms with Gasteiger partial charge in [-0.05, 0) is 18.2 Å². The summed E-state index contributed by atoms with van der Waals surface area (Å²) in [6, 6.07) is 14.4. The molecule has 0 aliphatic carbocycles. The van der Waals surface area contributed by atoms with E-state index in [9.17, 15) is 4.79 Å². The van der Waals surface area contributed by atoms with Crippen LogP contribution in [0, 0.1) is 11.3 Å². The minimum Gasteiger partial charge on any atom is -0.493 e. The quantitative estimate of drug-likeness (QED) is 0.775. The first-order chi connectivity index (χ1) is 12.1. The molecule has 0 saturated heterocycles. The number of para-hydroxylation sites is 2. The number of nitriles is 1. The van der Waals surface area contributed by atoms with Gasteiger partial charge in [0.1, 0.15) is 11.8 Å². The molecule has 1 amide bonds. The highest BCUT2D eigenvalue weighted by atomic mass is 16.5. The van der Waals surface area contributed by atoms with E-state index in [-0.39, 0.29) is 12.5 Å². The molecular formula is C19H20N2O4. The molecule has 0 heterocycles. The van der Waals surface area contributed by atoms with Crippen molar-refractivity contribution in [1.29, 1.82) is 5.26 Å². The molecule has 6 heteroatoms. The zero-order valence-corrected chi connectivity index (χ0v) is 14.5. The maximum atomic E-state index is 12.3. The Morgan fingerprint density at radius 2 is 1.80 bits per heavy atom. The van der Waals surface area contributed by atoms with Crippen LogP contribution in [0.25, 0.3) is 0 Å². The highest BCUT2D eigenvalue weighted by Crippen LogP contribution is 2.31. The van der Waals surface area contributed by atoms with E-state index in [4.69, 9.17) is 19.5 Å². The maximum absolute atomic E-state index is 12.3. The second-order valence-corrected chi connectivity index (χ2v) is 5.30. The molecule has 0 aromatic heterocycles. The Bertz CT molecular complexity index is 783. The summed E-state index contributed by atoms with van der Waals surface area (Å²) in [6.45, 7) is 0.198. The number of ether oxygens (including phenoxy) is 3. The topological polar surface area (TPSA) is 71.8 Å². The summed E-state index contributed by atoms with van der Waals surface area (Å²) >= 11 is 0. The molecule has 0 aliphatic rings. The van der Waals surface area contributed by atoms with Crippen LogP contribution in [0.15, 0.2) is 42.5 Å². The molecule has 6 nitrogen and oxygen atoms in total. The van der Waals surface area contributed by atoms with Gasteiger partial charge >= 0.3 is 0 Å². The third-order valence-corrected chi connectivity index (χ3v) is 3.68. The van der Waals surface area contributed by atoms with Gasteiger partial charge in [-0.15, -0.1) is 0 Å². The second-order valence-electron chi connectivity index (χ2n) is 5.30. The standard InChI is InChI=1S/C19H20N2O4/c1-21(12-15-8-6-10-17(23-2)19(15)24-3)18(22)13-25-16-9-5-4-7-14(16)11-20/h4-10H,12-13H2,1-3H3. The lowest BCUT2D eigenvalue weighted by Crippen LogP contribution is -2.31. The molecule has 2 aromatic rings. The molecule has 0 aliphatic heterocycles. The minimum atomic E-state index is -0.211. The van der Waals surface area contributed by atoms with E-state index in [0.29, 0.717) is 29.4 Å². The van der Waals surface area contributed by atoms with E-state index in [2.05, 4.69) is 0 Å². The van der Waals surface area contributed by atoms with Crippen molar-refractivity contribution in [2.45, 2.75) is 6.54 Å². The largest absolute Gasteiger partial charge is 0.493 e. The van der Waals surface area contributed by atoms with Crippen LogP contribution in [0.1, 0.15) is 11.1 Å². The zero-order valence-electron chi connectivity index (χ0n) is 14.5. The second kappa shape index (κ2) is 8.60. The Morgan fingerprint density at radius 1 is 1.08 bits per heavy atom. The SMILES string of the molecule is COc1cccc(CN(C)C(=O)COc2ccccc2C#N)c1OC. The number of rotatable bonds is 7. The number of methoxy groups -OCH3 is 2. The normalized spacial score (nSPS) is 9.84. The lowest BCUT2D eigenvalue weighted by atomic mass is 10.1. The van der Waals surface area contributed by atoms with E-state index in [1.54, 1.807) is 51.6 Å². The van der Waals surface area contributed by atoms with Gasteiger partial charge in [-0.3, -0.25) is 4.79 Å². The van der Waals surface area contributed by atoms with E-state index >= 15 is 0 Å². The van der Waals surface area contributed by atoms with Crippen LogP contribution in [0.3, 0.4) is 0 Å². The molecule has 0 saturated carbocycles. The lowest BCUT2D eigenvalue weighted by molar-refractivity contribution is -0.132. The fraction of sp³-hybridized carbons (Fsp3) is 0.263. The summed E-state index contributed by atoms with van der Waals surface area (Å²) in [5.74, 6) is 1.39. The zero-order chi connectivity index (χ0) is 18.2. The van der Waals surface area contributed by atoms with E-state index < -0.39 is 0 Å². The van der Waals surface area contributed by atoms with Crippen molar-refractivity contribution in [3.63, 3.8) is 0 Å². The van der Waals surface area contributed by atoms with Crippen molar-refractivity contribution < 1.29 is 19.0 Å². The molecule has 2 aromatic carbocycles. The fourth-order valence-electron chi connectivity index (χ4n) is 2.36. The summed E-state index contributed by atoms with van der Waals surface area (Å²) in [4.78, 5) is 13.9. The molecule has 25 heavy (non-hydrogen) atoms. The summed E-state index contributed by atoms with van der Waals surface area (Å²) in [5, 5.41) is 9.04. The van der Waals surface area contributed by atoms with Crippen LogP contribution >= 0.6 is 0 Å². The summed E-state index contributed by atoms with van der Waals surface area (Å²) in [7, 11) is 4.81. The van der Waals surface area contributed by atoms with Crippen molar-refractivity contribution in [2.75, 3.05) is 27.9 Å². The van der Waals surface area contributed by atoms with Gasteiger partial charge in [0.15, 0.2) is 18.1 Å². The Kier molecular flexibility index (Phi) is 6.24. The van der Waals surface area contributed by atoms with Crippen LogP contribution < -0.4 is 14.2 Å². The number of likely N-dealkylation sites (N-methyl/N-ethyl adjacent to an activating group) is 1. The summed E-state index contributed by atoms with van der Waals surface area (Å²) < 4.78 is 16.1. The fourth-order valence-corrected chi connectivity index (χ4v) is 2.36. The van der Waals surface area contributed by atoms with Crippen molar-refractivity contribution in [3.8, 4) is 23.3 Å². The summed E-state index contributed by atoms with van der Waals surface area (Å²) in [5.41, 5.74) is 1.22. The smallest absolute Gasteiger partial charge is 0.260 e. The van der Waals surface area contributed by atoms with Crippen LogP contribution in [0.2, 0.25) is 0 Å². The number of benzene rings is 2. The van der Waals surface area contributed by atoms with Crippen molar-refractivity contribution in [2.24, 2.45) is 0 Å². The Hall–Kier alpha value is -3.20. The maximum Gasteiger partial charge on any atom is 0.260 e. The van der Waals surface area contributed by atoms with E-state index in [0.717, 1.165) is 5.56 Å². The molecule has 0 bridgehead atoms. The number of carbonyl (C=O) groups excluding carboxylic acids is 1. The van der Waals surface area contributed by atoms with Crippen LogP contribution in [-0.2, 0) is 11.3 Å². The van der Waals surface area contributed by atoms with Crippen molar-refractivity contribution in [3.05, 3.63) is 53.6 Å².